The van der Waals surface area contributed by atoms with E-state index in [9.17, 15) is 9.18 Å². The summed E-state index contributed by atoms with van der Waals surface area (Å²) in [6.45, 7) is 6.20. The van der Waals surface area contributed by atoms with Crippen molar-refractivity contribution >= 4 is 17.5 Å². The average molecular weight is 308 g/mol. The van der Waals surface area contributed by atoms with Crippen LogP contribution in [0.5, 0.6) is 0 Å². The second kappa shape index (κ2) is 6.99. The molecule has 2 N–H and O–H groups in total. The van der Waals surface area contributed by atoms with E-state index in [0.29, 0.717) is 17.3 Å². The third-order valence-electron chi connectivity index (χ3n) is 3.67. The highest BCUT2D eigenvalue weighted by Crippen LogP contribution is 2.28. The second-order valence-electron chi connectivity index (χ2n) is 6.85. The summed E-state index contributed by atoms with van der Waals surface area (Å²) in [7, 11) is 0. The SMILES string of the molecule is CC(C)(C)OC(=O)Nc1ccc(F)cc1NCC1CCCC1. The van der Waals surface area contributed by atoms with Crippen molar-refractivity contribution in [1.82, 2.24) is 0 Å². The van der Waals surface area contributed by atoms with Crippen LogP contribution in [0.15, 0.2) is 18.2 Å². The van der Waals surface area contributed by atoms with E-state index in [4.69, 9.17) is 4.74 Å². The van der Waals surface area contributed by atoms with Gasteiger partial charge >= 0.3 is 6.09 Å². The monoisotopic (exact) mass is 308 g/mol. The van der Waals surface area contributed by atoms with Gasteiger partial charge in [-0.1, -0.05) is 12.8 Å². The Morgan fingerprint density at radius 1 is 1.27 bits per heavy atom. The molecule has 22 heavy (non-hydrogen) atoms. The average Bonchev–Trinajstić information content (AvgIpc) is 2.90. The summed E-state index contributed by atoms with van der Waals surface area (Å²) in [5.74, 6) is 0.293. The molecule has 0 atom stereocenters. The van der Waals surface area contributed by atoms with Gasteiger partial charge in [-0.15, -0.1) is 0 Å². The van der Waals surface area contributed by atoms with Crippen LogP contribution in [0.2, 0.25) is 0 Å². The van der Waals surface area contributed by atoms with Gasteiger partial charge in [-0.3, -0.25) is 5.32 Å². The van der Waals surface area contributed by atoms with Gasteiger partial charge in [0.15, 0.2) is 0 Å². The Morgan fingerprint density at radius 2 is 1.95 bits per heavy atom. The zero-order chi connectivity index (χ0) is 16.2. The van der Waals surface area contributed by atoms with Crippen molar-refractivity contribution in [2.75, 3.05) is 17.2 Å². The van der Waals surface area contributed by atoms with E-state index in [1.807, 2.05) is 0 Å². The Hall–Kier alpha value is -1.78. The molecule has 0 unspecified atom stereocenters. The van der Waals surface area contributed by atoms with E-state index in [-0.39, 0.29) is 5.82 Å². The molecule has 122 valence electrons. The van der Waals surface area contributed by atoms with Gasteiger partial charge in [0.2, 0.25) is 0 Å². The number of hydrogen-bond acceptors (Lipinski definition) is 3. The number of amides is 1. The number of hydrogen-bond donors (Lipinski definition) is 2. The van der Waals surface area contributed by atoms with Crippen molar-refractivity contribution < 1.29 is 13.9 Å². The molecule has 1 aliphatic rings. The first kappa shape index (κ1) is 16.6. The number of carbonyl (C=O) groups excluding carboxylic acids is 1. The van der Waals surface area contributed by atoms with Gasteiger partial charge in [-0.25, -0.2) is 9.18 Å². The molecule has 0 spiro atoms. The number of nitrogens with one attached hydrogen (secondary N) is 2. The highest BCUT2D eigenvalue weighted by molar-refractivity contribution is 5.89. The van der Waals surface area contributed by atoms with Crippen molar-refractivity contribution in [3.8, 4) is 0 Å². The first-order chi connectivity index (χ1) is 10.3. The highest BCUT2D eigenvalue weighted by Gasteiger charge is 2.18. The minimum Gasteiger partial charge on any atom is -0.444 e. The first-order valence-corrected chi connectivity index (χ1v) is 7.87. The highest BCUT2D eigenvalue weighted by atomic mass is 19.1. The normalized spacial score (nSPS) is 15.6. The summed E-state index contributed by atoms with van der Waals surface area (Å²) in [4.78, 5) is 11.9. The van der Waals surface area contributed by atoms with E-state index < -0.39 is 11.7 Å². The standard InChI is InChI=1S/C17H25FN2O2/c1-17(2,3)22-16(21)20-14-9-8-13(18)10-15(14)19-11-12-6-4-5-7-12/h8-10,12,19H,4-7,11H2,1-3H3,(H,20,21). The van der Waals surface area contributed by atoms with E-state index >= 15 is 0 Å². The van der Waals surface area contributed by atoms with Crippen molar-refractivity contribution in [3.05, 3.63) is 24.0 Å². The number of anilines is 2. The van der Waals surface area contributed by atoms with Crippen LogP contribution in [0, 0.1) is 11.7 Å². The molecule has 0 saturated heterocycles. The fourth-order valence-electron chi connectivity index (χ4n) is 2.65. The molecule has 0 bridgehead atoms. The van der Waals surface area contributed by atoms with Crippen LogP contribution in [0.25, 0.3) is 0 Å². The summed E-state index contributed by atoms with van der Waals surface area (Å²) >= 11 is 0. The number of carbonyl (C=O) groups is 1. The van der Waals surface area contributed by atoms with Gasteiger partial charge in [0.05, 0.1) is 11.4 Å². The van der Waals surface area contributed by atoms with Crippen molar-refractivity contribution in [2.24, 2.45) is 5.92 Å². The Kier molecular flexibility index (Phi) is 5.27. The molecule has 1 amide bonds. The molecule has 0 aromatic heterocycles. The maximum Gasteiger partial charge on any atom is 0.412 e. The maximum absolute atomic E-state index is 13.5. The van der Waals surface area contributed by atoms with Crippen LogP contribution < -0.4 is 10.6 Å². The van der Waals surface area contributed by atoms with Gasteiger partial charge in [-0.05, 0) is 57.7 Å². The zero-order valence-corrected chi connectivity index (χ0v) is 13.5. The smallest absolute Gasteiger partial charge is 0.412 e. The predicted molar refractivity (Wildman–Crippen MR) is 86.7 cm³/mol. The lowest BCUT2D eigenvalue weighted by molar-refractivity contribution is 0.0636. The number of rotatable bonds is 4. The molecular weight excluding hydrogens is 283 g/mol. The van der Waals surface area contributed by atoms with E-state index in [2.05, 4.69) is 10.6 Å². The molecule has 1 aromatic carbocycles. The second-order valence-corrected chi connectivity index (χ2v) is 6.85. The third-order valence-corrected chi connectivity index (χ3v) is 3.67. The lowest BCUT2D eigenvalue weighted by atomic mass is 10.1. The first-order valence-electron chi connectivity index (χ1n) is 7.87. The van der Waals surface area contributed by atoms with Gasteiger partial charge in [-0.2, -0.15) is 0 Å². The Bertz CT molecular complexity index is 520. The molecule has 0 aliphatic heterocycles. The zero-order valence-electron chi connectivity index (χ0n) is 13.5. The minimum atomic E-state index is -0.568. The third kappa shape index (κ3) is 5.20. The van der Waals surface area contributed by atoms with Crippen LogP contribution >= 0.6 is 0 Å². The molecular formula is C17H25FN2O2. The summed E-state index contributed by atoms with van der Waals surface area (Å²) in [6, 6.07) is 4.28. The lowest BCUT2D eigenvalue weighted by Crippen LogP contribution is -2.27. The van der Waals surface area contributed by atoms with E-state index in [1.54, 1.807) is 26.8 Å². The predicted octanol–water partition coefficient (Wildman–Crippen LogP) is 4.77. The van der Waals surface area contributed by atoms with Gasteiger partial charge in [0, 0.05) is 6.54 Å². The summed E-state index contributed by atoms with van der Waals surface area (Å²) < 4.78 is 18.7. The van der Waals surface area contributed by atoms with E-state index in [1.165, 1.54) is 37.8 Å². The van der Waals surface area contributed by atoms with Gasteiger partial charge in [0.1, 0.15) is 11.4 Å². The molecule has 0 radical (unpaired) electrons. The molecule has 0 heterocycles. The van der Waals surface area contributed by atoms with Crippen LogP contribution in [-0.2, 0) is 4.74 Å². The van der Waals surface area contributed by atoms with Gasteiger partial charge < -0.3 is 10.1 Å². The molecule has 1 aliphatic carbocycles. The minimum absolute atomic E-state index is 0.330. The largest absolute Gasteiger partial charge is 0.444 e. The number of ether oxygens (including phenoxy) is 1. The van der Waals surface area contributed by atoms with Crippen molar-refractivity contribution in [3.63, 3.8) is 0 Å². The molecule has 1 aromatic rings. The Labute approximate surface area is 131 Å². The molecule has 4 nitrogen and oxygen atoms in total. The van der Waals surface area contributed by atoms with Crippen LogP contribution in [0.4, 0.5) is 20.6 Å². The maximum atomic E-state index is 13.5. The van der Waals surface area contributed by atoms with Crippen LogP contribution in [0.1, 0.15) is 46.5 Å². The molecule has 1 fully saturated rings. The fourth-order valence-corrected chi connectivity index (χ4v) is 2.65. The molecule has 2 rings (SSSR count). The van der Waals surface area contributed by atoms with E-state index in [0.717, 1.165) is 6.54 Å². The fraction of sp³-hybridized carbons (Fsp3) is 0.588. The number of halogens is 1. The Morgan fingerprint density at radius 3 is 2.59 bits per heavy atom. The summed E-state index contributed by atoms with van der Waals surface area (Å²) in [5.41, 5.74) is 0.563. The topological polar surface area (TPSA) is 50.4 Å². The molecule has 1 saturated carbocycles. The van der Waals surface area contributed by atoms with Gasteiger partial charge in [0.25, 0.3) is 0 Å². The van der Waals surface area contributed by atoms with Crippen LogP contribution in [0.3, 0.4) is 0 Å². The summed E-state index contributed by atoms with van der Waals surface area (Å²) in [6.07, 6.45) is 4.40. The summed E-state index contributed by atoms with van der Waals surface area (Å²) in [5, 5.41) is 5.93. The van der Waals surface area contributed by atoms with Crippen molar-refractivity contribution in [1.29, 1.82) is 0 Å². The number of benzene rings is 1. The quantitative estimate of drug-likeness (QED) is 0.842. The van der Waals surface area contributed by atoms with Crippen LogP contribution in [-0.4, -0.2) is 18.2 Å². The molecule has 5 heteroatoms. The van der Waals surface area contributed by atoms with Crippen molar-refractivity contribution in [2.45, 2.75) is 52.1 Å². The Balaban J connectivity index is 2.01. The lowest BCUT2D eigenvalue weighted by Gasteiger charge is -2.21.